The van der Waals surface area contributed by atoms with E-state index in [0.29, 0.717) is 13.3 Å². The minimum absolute atomic E-state index is 0.135. The van der Waals surface area contributed by atoms with E-state index < -0.39 is 5.72 Å². The lowest BCUT2D eigenvalue weighted by atomic mass is 9.81. The van der Waals surface area contributed by atoms with Crippen LogP contribution in [0.4, 0.5) is 0 Å². The number of ether oxygens (including phenoxy) is 2. The summed E-state index contributed by atoms with van der Waals surface area (Å²) in [4.78, 5) is 11.0. The monoisotopic (exact) mass is 214 g/mol. The van der Waals surface area contributed by atoms with Crippen LogP contribution in [0.5, 0.6) is 0 Å². The lowest BCUT2D eigenvalue weighted by molar-refractivity contribution is -0.187. The predicted molar refractivity (Wildman–Crippen MR) is 54.1 cm³/mol. The molecule has 0 aromatic rings. The fraction of sp³-hybridized carbons (Fsp3) is 0.900. The molecule has 2 aliphatic heterocycles. The Labute approximate surface area is 89.5 Å². The highest BCUT2D eigenvalue weighted by Gasteiger charge is 2.58. The fourth-order valence-corrected chi connectivity index (χ4v) is 2.41. The van der Waals surface area contributed by atoms with E-state index >= 15 is 0 Å². The van der Waals surface area contributed by atoms with Crippen LogP contribution in [0.15, 0.2) is 0 Å². The molecule has 2 N–H and O–H groups in total. The van der Waals surface area contributed by atoms with Gasteiger partial charge in [0.2, 0.25) is 0 Å². The molecule has 0 aromatic carbocycles. The Morgan fingerprint density at radius 3 is 2.87 bits per heavy atom. The first-order valence-electron chi connectivity index (χ1n) is 5.29. The smallest absolute Gasteiger partial charge is 0.302 e. The molecule has 0 aromatic heterocycles. The van der Waals surface area contributed by atoms with Crippen LogP contribution in [0, 0.1) is 0 Å². The number of nitrogens with one attached hydrogen (secondary N) is 2. The Kier molecular flexibility index (Phi) is 2.48. The number of carbonyl (C=O) groups is 1. The van der Waals surface area contributed by atoms with Crippen LogP contribution in [-0.4, -0.2) is 36.6 Å². The molecule has 3 unspecified atom stereocenters. The molecule has 0 saturated carbocycles. The Morgan fingerprint density at radius 2 is 2.20 bits per heavy atom. The van der Waals surface area contributed by atoms with Crippen molar-refractivity contribution >= 4 is 5.97 Å². The zero-order valence-electron chi connectivity index (χ0n) is 9.42. The second-order valence-corrected chi connectivity index (χ2v) is 4.50. The molecule has 3 atom stereocenters. The lowest BCUT2D eigenvalue weighted by Gasteiger charge is -2.48. The molecule has 5 nitrogen and oxygen atoms in total. The highest BCUT2D eigenvalue weighted by molar-refractivity contribution is 5.66. The van der Waals surface area contributed by atoms with Crippen molar-refractivity contribution in [2.24, 2.45) is 0 Å². The molecular formula is C10H18N2O3. The maximum Gasteiger partial charge on any atom is 0.302 e. The molecule has 2 rings (SSSR count). The first-order chi connectivity index (χ1) is 6.98. The van der Waals surface area contributed by atoms with Crippen molar-refractivity contribution in [2.45, 2.75) is 44.6 Å². The summed E-state index contributed by atoms with van der Waals surface area (Å²) < 4.78 is 11.1. The second-order valence-electron chi connectivity index (χ2n) is 4.50. The van der Waals surface area contributed by atoms with E-state index in [9.17, 15) is 4.79 Å². The summed E-state index contributed by atoms with van der Waals surface area (Å²) >= 11 is 0. The van der Waals surface area contributed by atoms with Crippen LogP contribution < -0.4 is 10.6 Å². The summed E-state index contributed by atoms with van der Waals surface area (Å²) in [6.45, 7) is 6.74. The van der Waals surface area contributed by atoms with E-state index in [1.165, 1.54) is 6.92 Å². The van der Waals surface area contributed by atoms with Gasteiger partial charge in [0.1, 0.15) is 11.8 Å². The maximum absolute atomic E-state index is 11.0. The zero-order valence-corrected chi connectivity index (χ0v) is 9.42. The van der Waals surface area contributed by atoms with Gasteiger partial charge in [-0.05, 0) is 13.8 Å². The molecule has 0 bridgehead atoms. The fourth-order valence-electron chi connectivity index (χ4n) is 2.41. The molecule has 2 saturated heterocycles. The summed E-state index contributed by atoms with van der Waals surface area (Å²) in [5.41, 5.74) is -0.803. The van der Waals surface area contributed by atoms with Gasteiger partial charge in [-0.1, -0.05) is 0 Å². The first kappa shape index (κ1) is 10.9. The Bertz CT molecular complexity index is 284. The lowest BCUT2D eigenvalue weighted by Crippen LogP contribution is -2.68. The van der Waals surface area contributed by atoms with Crippen LogP contribution in [-0.2, 0) is 14.3 Å². The molecule has 0 amide bonds. The van der Waals surface area contributed by atoms with Gasteiger partial charge in [-0.2, -0.15) is 0 Å². The minimum atomic E-state index is -0.453. The van der Waals surface area contributed by atoms with E-state index in [1.54, 1.807) is 0 Å². The summed E-state index contributed by atoms with van der Waals surface area (Å²) in [6, 6.07) is 0. The minimum Gasteiger partial charge on any atom is -0.460 e. The third-order valence-corrected chi connectivity index (χ3v) is 3.60. The van der Waals surface area contributed by atoms with Gasteiger partial charge in [0.05, 0.1) is 12.1 Å². The van der Waals surface area contributed by atoms with E-state index in [1.807, 2.05) is 13.8 Å². The van der Waals surface area contributed by atoms with Gasteiger partial charge >= 0.3 is 5.97 Å². The predicted octanol–water partition coefficient (Wildman–Crippen LogP) is -0.0364. The Balaban J connectivity index is 2.21. The summed E-state index contributed by atoms with van der Waals surface area (Å²) in [6.07, 6.45) is 0.601. The van der Waals surface area contributed by atoms with E-state index in [-0.39, 0.29) is 17.6 Å². The Morgan fingerprint density at radius 1 is 1.47 bits per heavy atom. The first-order valence-corrected chi connectivity index (χ1v) is 5.29. The van der Waals surface area contributed by atoms with Crippen molar-refractivity contribution in [2.75, 3.05) is 13.3 Å². The van der Waals surface area contributed by atoms with Crippen LogP contribution in [0.25, 0.3) is 0 Å². The van der Waals surface area contributed by atoms with E-state index in [4.69, 9.17) is 9.47 Å². The number of esters is 1. The van der Waals surface area contributed by atoms with Crippen LogP contribution in [0.2, 0.25) is 0 Å². The normalized spacial score (nSPS) is 44.9. The van der Waals surface area contributed by atoms with E-state index in [2.05, 4.69) is 10.6 Å². The number of carbonyl (C=O) groups excluding carboxylic acids is 1. The molecule has 15 heavy (non-hydrogen) atoms. The van der Waals surface area contributed by atoms with Crippen molar-refractivity contribution in [3.05, 3.63) is 0 Å². The standard InChI is InChI=1S/C10H18N2O3/c1-7(13)15-8-4-5-14-10(3)9(8,2)11-6-12-10/h8,11-12H,4-6H2,1-3H3. The number of rotatable bonds is 1. The van der Waals surface area contributed by atoms with Crippen molar-refractivity contribution in [3.63, 3.8) is 0 Å². The van der Waals surface area contributed by atoms with Crippen molar-refractivity contribution in [3.8, 4) is 0 Å². The molecule has 2 aliphatic rings. The molecule has 2 heterocycles. The van der Waals surface area contributed by atoms with Gasteiger partial charge in [-0.15, -0.1) is 0 Å². The highest BCUT2D eigenvalue weighted by atomic mass is 16.6. The summed E-state index contributed by atoms with van der Waals surface area (Å²) in [7, 11) is 0. The largest absolute Gasteiger partial charge is 0.460 e. The van der Waals surface area contributed by atoms with Crippen molar-refractivity contribution < 1.29 is 14.3 Å². The number of fused-ring (bicyclic) bond motifs is 1. The third-order valence-electron chi connectivity index (χ3n) is 3.60. The SMILES string of the molecule is CC(=O)OC1CCOC2(C)NCNC12C. The van der Waals surface area contributed by atoms with Gasteiger partial charge < -0.3 is 9.47 Å². The molecule has 5 heteroatoms. The van der Waals surface area contributed by atoms with E-state index in [0.717, 1.165) is 6.42 Å². The number of hydrogen-bond acceptors (Lipinski definition) is 5. The van der Waals surface area contributed by atoms with Gasteiger partial charge in [0.25, 0.3) is 0 Å². The van der Waals surface area contributed by atoms with Crippen LogP contribution in [0.1, 0.15) is 27.2 Å². The van der Waals surface area contributed by atoms with Gasteiger partial charge in [0, 0.05) is 20.0 Å². The molecule has 86 valence electrons. The van der Waals surface area contributed by atoms with Gasteiger partial charge in [-0.25, -0.2) is 0 Å². The molecule has 0 aliphatic carbocycles. The Hall–Kier alpha value is -0.650. The second kappa shape index (κ2) is 3.43. The quantitative estimate of drug-likeness (QED) is 0.600. The van der Waals surface area contributed by atoms with Gasteiger partial charge in [-0.3, -0.25) is 15.4 Å². The van der Waals surface area contributed by atoms with Crippen molar-refractivity contribution in [1.29, 1.82) is 0 Å². The van der Waals surface area contributed by atoms with Crippen LogP contribution in [0.3, 0.4) is 0 Å². The molecular weight excluding hydrogens is 196 g/mol. The van der Waals surface area contributed by atoms with Crippen molar-refractivity contribution in [1.82, 2.24) is 10.6 Å². The summed E-state index contributed by atoms with van der Waals surface area (Å²) in [5, 5.41) is 6.57. The average Bonchev–Trinajstić information content (AvgIpc) is 2.43. The summed E-state index contributed by atoms with van der Waals surface area (Å²) in [5.74, 6) is -0.237. The number of hydrogen-bond donors (Lipinski definition) is 2. The van der Waals surface area contributed by atoms with Gasteiger partial charge in [0.15, 0.2) is 0 Å². The highest BCUT2D eigenvalue weighted by Crippen LogP contribution is 2.37. The molecule has 0 spiro atoms. The topological polar surface area (TPSA) is 59.6 Å². The van der Waals surface area contributed by atoms with Crippen LogP contribution >= 0.6 is 0 Å². The molecule has 0 radical (unpaired) electrons. The zero-order chi connectivity index (χ0) is 11.1. The third kappa shape index (κ3) is 1.55. The average molecular weight is 214 g/mol. The molecule has 2 fully saturated rings. The maximum atomic E-state index is 11.0.